The van der Waals surface area contributed by atoms with Crippen molar-refractivity contribution < 1.29 is 14.7 Å². The molecule has 1 rings (SSSR count). The summed E-state index contributed by atoms with van der Waals surface area (Å²) in [5, 5.41) is 8.70. The van der Waals surface area contributed by atoms with Crippen molar-refractivity contribution in [2.75, 3.05) is 13.1 Å². The van der Waals surface area contributed by atoms with Gasteiger partial charge in [-0.2, -0.15) is 0 Å². The number of hydrogen-bond donors (Lipinski definition) is 2. The lowest BCUT2D eigenvalue weighted by Crippen LogP contribution is -2.47. The first-order chi connectivity index (χ1) is 7.56. The van der Waals surface area contributed by atoms with Crippen LogP contribution in [-0.4, -0.2) is 41.0 Å². The highest BCUT2D eigenvalue weighted by molar-refractivity contribution is 5.83. The van der Waals surface area contributed by atoms with Crippen molar-refractivity contribution in [1.29, 1.82) is 0 Å². The summed E-state index contributed by atoms with van der Waals surface area (Å²) in [5.74, 6) is -1.26. The van der Waals surface area contributed by atoms with Crippen LogP contribution in [0.25, 0.3) is 0 Å². The molecule has 0 aromatic carbocycles. The average Bonchev–Trinajstić information content (AvgIpc) is 2.25. The number of carbonyl (C=O) groups excluding carboxylic acids is 1. The van der Waals surface area contributed by atoms with E-state index in [1.807, 2.05) is 0 Å². The molecule has 0 aromatic heterocycles. The van der Waals surface area contributed by atoms with Gasteiger partial charge in [0.15, 0.2) is 0 Å². The molecule has 0 heterocycles. The molecule has 0 spiro atoms. The number of carboxylic acids is 1. The first-order valence-corrected chi connectivity index (χ1v) is 5.82. The Hall–Kier alpha value is -1.10. The zero-order valence-corrected chi connectivity index (χ0v) is 9.69. The van der Waals surface area contributed by atoms with E-state index in [0.717, 1.165) is 25.7 Å². The highest BCUT2D eigenvalue weighted by Gasteiger charge is 2.31. The van der Waals surface area contributed by atoms with Crippen LogP contribution < -0.4 is 5.73 Å². The minimum atomic E-state index is -0.973. The van der Waals surface area contributed by atoms with Crippen molar-refractivity contribution in [3.8, 4) is 0 Å². The largest absolute Gasteiger partial charge is 0.480 e. The summed E-state index contributed by atoms with van der Waals surface area (Å²) in [6, 6.07) is -0.107. The van der Waals surface area contributed by atoms with Crippen LogP contribution in [0.3, 0.4) is 0 Å². The number of amides is 1. The molecule has 92 valence electrons. The van der Waals surface area contributed by atoms with Gasteiger partial charge >= 0.3 is 5.97 Å². The van der Waals surface area contributed by atoms with Gasteiger partial charge in [0.05, 0.1) is 5.92 Å². The van der Waals surface area contributed by atoms with Gasteiger partial charge in [-0.05, 0) is 19.8 Å². The molecule has 5 nitrogen and oxygen atoms in total. The number of likely N-dealkylation sites (N-methyl/N-ethyl adjacent to an activating group) is 1. The van der Waals surface area contributed by atoms with E-state index < -0.39 is 5.97 Å². The zero-order chi connectivity index (χ0) is 12.1. The van der Waals surface area contributed by atoms with Gasteiger partial charge in [-0.25, -0.2) is 0 Å². The molecule has 5 heteroatoms. The molecule has 0 aliphatic heterocycles. The number of carbonyl (C=O) groups is 2. The van der Waals surface area contributed by atoms with Gasteiger partial charge in [-0.3, -0.25) is 9.59 Å². The number of carboxylic acid groups (broad SMARTS) is 1. The molecule has 1 aliphatic rings. The molecular formula is C11H20N2O3. The highest BCUT2D eigenvalue weighted by Crippen LogP contribution is 2.24. The SMILES string of the molecule is CCN(CC(=O)O)C(=O)C1CCCCC1N. The third kappa shape index (κ3) is 3.20. The molecule has 2 unspecified atom stereocenters. The van der Waals surface area contributed by atoms with Crippen LogP contribution in [0.1, 0.15) is 32.6 Å². The Morgan fingerprint density at radius 3 is 2.50 bits per heavy atom. The fourth-order valence-electron chi connectivity index (χ4n) is 2.21. The van der Waals surface area contributed by atoms with Crippen LogP contribution in [0.15, 0.2) is 0 Å². The predicted molar refractivity (Wildman–Crippen MR) is 59.8 cm³/mol. The number of aliphatic carboxylic acids is 1. The van der Waals surface area contributed by atoms with Crippen LogP contribution in [0.4, 0.5) is 0 Å². The van der Waals surface area contributed by atoms with Gasteiger partial charge in [0.2, 0.25) is 5.91 Å². The molecule has 0 aromatic rings. The second kappa shape index (κ2) is 5.84. The molecule has 1 aliphatic carbocycles. The fourth-order valence-corrected chi connectivity index (χ4v) is 2.21. The molecule has 1 amide bonds. The first-order valence-electron chi connectivity index (χ1n) is 5.82. The molecular weight excluding hydrogens is 208 g/mol. The van der Waals surface area contributed by atoms with Gasteiger partial charge in [0.25, 0.3) is 0 Å². The Kier molecular flexibility index (Phi) is 4.73. The summed E-state index contributed by atoms with van der Waals surface area (Å²) in [7, 11) is 0. The van der Waals surface area contributed by atoms with E-state index in [1.54, 1.807) is 6.92 Å². The lowest BCUT2D eigenvalue weighted by atomic mass is 9.84. The van der Waals surface area contributed by atoms with E-state index in [0.29, 0.717) is 6.54 Å². The van der Waals surface area contributed by atoms with Crippen LogP contribution >= 0.6 is 0 Å². The van der Waals surface area contributed by atoms with Crippen LogP contribution in [0, 0.1) is 5.92 Å². The summed E-state index contributed by atoms with van der Waals surface area (Å²) in [4.78, 5) is 24.0. The van der Waals surface area contributed by atoms with Crippen LogP contribution in [0.5, 0.6) is 0 Å². The Morgan fingerprint density at radius 2 is 2.00 bits per heavy atom. The van der Waals surface area contributed by atoms with Crippen LogP contribution in [0.2, 0.25) is 0 Å². The molecule has 2 atom stereocenters. The van der Waals surface area contributed by atoms with Crippen molar-refractivity contribution in [3.05, 3.63) is 0 Å². The van der Waals surface area contributed by atoms with Gasteiger partial charge in [-0.15, -0.1) is 0 Å². The zero-order valence-electron chi connectivity index (χ0n) is 9.69. The second-order valence-corrected chi connectivity index (χ2v) is 4.30. The van der Waals surface area contributed by atoms with E-state index >= 15 is 0 Å². The Morgan fingerprint density at radius 1 is 1.38 bits per heavy atom. The second-order valence-electron chi connectivity index (χ2n) is 4.30. The van der Waals surface area contributed by atoms with Crippen molar-refractivity contribution in [1.82, 2.24) is 4.90 Å². The number of nitrogens with zero attached hydrogens (tertiary/aromatic N) is 1. The van der Waals surface area contributed by atoms with Gasteiger partial charge < -0.3 is 15.7 Å². The Balaban J connectivity index is 2.62. The third-order valence-corrected chi connectivity index (χ3v) is 3.16. The topological polar surface area (TPSA) is 83.6 Å². The Bertz CT molecular complexity index is 268. The van der Waals surface area contributed by atoms with E-state index in [4.69, 9.17) is 10.8 Å². The summed E-state index contributed by atoms with van der Waals surface area (Å²) >= 11 is 0. The monoisotopic (exact) mass is 228 g/mol. The molecule has 1 saturated carbocycles. The van der Waals surface area contributed by atoms with Gasteiger partial charge in [0, 0.05) is 12.6 Å². The minimum absolute atomic E-state index is 0.0999. The molecule has 0 saturated heterocycles. The molecule has 16 heavy (non-hydrogen) atoms. The summed E-state index contributed by atoms with van der Waals surface area (Å²) < 4.78 is 0. The lowest BCUT2D eigenvalue weighted by molar-refractivity contribution is -0.146. The predicted octanol–water partition coefficient (Wildman–Crippen LogP) is 0.437. The fraction of sp³-hybridized carbons (Fsp3) is 0.818. The molecule has 1 fully saturated rings. The van der Waals surface area contributed by atoms with Crippen molar-refractivity contribution in [3.63, 3.8) is 0 Å². The summed E-state index contributed by atoms with van der Waals surface area (Å²) in [6.07, 6.45) is 3.72. The quantitative estimate of drug-likeness (QED) is 0.731. The first kappa shape index (κ1) is 13.0. The smallest absolute Gasteiger partial charge is 0.323 e. The average molecular weight is 228 g/mol. The van der Waals surface area contributed by atoms with E-state index in [1.165, 1.54) is 4.90 Å². The molecule has 3 N–H and O–H groups in total. The van der Waals surface area contributed by atoms with Crippen molar-refractivity contribution in [2.24, 2.45) is 11.7 Å². The standard InChI is InChI=1S/C11H20N2O3/c1-2-13(7-10(14)15)11(16)8-5-3-4-6-9(8)12/h8-9H,2-7,12H2,1H3,(H,14,15). The summed E-state index contributed by atoms with van der Waals surface area (Å²) in [6.45, 7) is 1.99. The highest BCUT2D eigenvalue weighted by atomic mass is 16.4. The lowest BCUT2D eigenvalue weighted by Gasteiger charge is -2.31. The number of nitrogens with two attached hydrogens (primary N) is 1. The van der Waals surface area contributed by atoms with Crippen molar-refractivity contribution in [2.45, 2.75) is 38.6 Å². The van der Waals surface area contributed by atoms with E-state index in [-0.39, 0.29) is 24.4 Å². The third-order valence-electron chi connectivity index (χ3n) is 3.16. The maximum absolute atomic E-state index is 12.1. The van der Waals surface area contributed by atoms with E-state index in [2.05, 4.69) is 0 Å². The van der Waals surface area contributed by atoms with Crippen molar-refractivity contribution >= 4 is 11.9 Å². The maximum atomic E-state index is 12.1. The maximum Gasteiger partial charge on any atom is 0.323 e. The molecule has 0 radical (unpaired) electrons. The van der Waals surface area contributed by atoms with Gasteiger partial charge in [0.1, 0.15) is 6.54 Å². The Labute approximate surface area is 95.6 Å². The summed E-state index contributed by atoms with van der Waals surface area (Å²) in [5.41, 5.74) is 5.91. The molecule has 0 bridgehead atoms. The van der Waals surface area contributed by atoms with Crippen LogP contribution in [-0.2, 0) is 9.59 Å². The van der Waals surface area contributed by atoms with Gasteiger partial charge in [-0.1, -0.05) is 12.8 Å². The number of hydrogen-bond acceptors (Lipinski definition) is 3. The normalized spacial score (nSPS) is 25.1. The van der Waals surface area contributed by atoms with E-state index in [9.17, 15) is 9.59 Å². The minimum Gasteiger partial charge on any atom is -0.480 e. The number of rotatable bonds is 4.